The summed E-state index contributed by atoms with van der Waals surface area (Å²) >= 11 is 0. The molecule has 0 aromatic rings. The first-order valence-corrected chi connectivity index (χ1v) is 7.84. The predicted octanol–water partition coefficient (Wildman–Crippen LogP) is 3.74. The van der Waals surface area contributed by atoms with Crippen molar-refractivity contribution in [1.82, 2.24) is 4.90 Å². The van der Waals surface area contributed by atoms with Crippen molar-refractivity contribution in [2.75, 3.05) is 13.6 Å². The number of carboxylic acids is 1. The number of carbonyl (C=O) groups is 2. The Labute approximate surface area is 124 Å². The van der Waals surface area contributed by atoms with Gasteiger partial charge in [0.15, 0.2) is 0 Å². The Hall–Kier alpha value is -0.900. The topological polar surface area (TPSA) is 57.6 Å². The van der Waals surface area contributed by atoms with Crippen LogP contribution in [0, 0.1) is 0 Å². The molecular weight excluding hydrogens is 254 g/mol. The largest absolute Gasteiger partial charge is 0.480 e. The van der Waals surface area contributed by atoms with Gasteiger partial charge in [0.05, 0.1) is 0 Å². The average molecular weight is 287 g/mol. The highest BCUT2D eigenvalue weighted by Gasteiger charge is 2.15. The molecule has 0 aliphatic rings. The summed E-state index contributed by atoms with van der Waals surface area (Å²) in [6.45, 7) is 6.31. The van der Waals surface area contributed by atoms with Crippen LogP contribution in [-0.4, -0.2) is 41.9 Å². The molecule has 120 valence electrons. The number of rotatable bonds is 11. The molecule has 1 unspecified atom stereocenters. The Morgan fingerprint density at radius 3 is 1.90 bits per heavy atom. The minimum Gasteiger partial charge on any atom is -0.480 e. The van der Waals surface area contributed by atoms with E-state index in [4.69, 9.17) is 9.90 Å². The van der Waals surface area contributed by atoms with Gasteiger partial charge in [-0.1, -0.05) is 51.9 Å². The quantitative estimate of drug-likeness (QED) is 0.464. The molecule has 0 aromatic carbocycles. The second kappa shape index (κ2) is 16.2. The second-order valence-electron chi connectivity index (χ2n) is 5.21. The zero-order valence-electron chi connectivity index (χ0n) is 13.7. The summed E-state index contributed by atoms with van der Waals surface area (Å²) in [6.07, 6.45) is 11.1. The van der Waals surface area contributed by atoms with Crippen LogP contribution in [0.3, 0.4) is 0 Å². The number of unbranched alkanes of at least 4 members (excludes halogenated alkanes) is 7. The van der Waals surface area contributed by atoms with Crippen LogP contribution >= 0.6 is 0 Å². The van der Waals surface area contributed by atoms with Crippen molar-refractivity contribution < 1.29 is 14.7 Å². The number of hydrogen-bond donors (Lipinski definition) is 1. The first kappa shape index (κ1) is 21.4. The normalized spacial score (nSPS) is 11.7. The smallest absolute Gasteiger partial charge is 0.320 e. The summed E-state index contributed by atoms with van der Waals surface area (Å²) in [7, 11) is 1.89. The van der Waals surface area contributed by atoms with Gasteiger partial charge in [0.25, 0.3) is 0 Å². The Kier molecular flexibility index (Phi) is 17.3. The highest BCUT2D eigenvalue weighted by molar-refractivity contribution is 5.72. The van der Waals surface area contributed by atoms with E-state index in [9.17, 15) is 4.79 Å². The standard InChI is InChI=1S/C14H29NO2.C2H4O/c1-4-5-6-7-8-9-10-11-12-15(3)13(2)14(16)17;1-2-3/h13H,4-12H2,1-3H3,(H,16,17);2H,1H3. The maximum Gasteiger partial charge on any atom is 0.320 e. The van der Waals surface area contributed by atoms with Crippen molar-refractivity contribution in [3.63, 3.8) is 0 Å². The van der Waals surface area contributed by atoms with Gasteiger partial charge in [0.1, 0.15) is 12.3 Å². The van der Waals surface area contributed by atoms with E-state index in [0.717, 1.165) is 19.3 Å². The maximum absolute atomic E-state index is 10.7. The number of hydrogen-bond acceptors (Lipinski definition) is 3. The SMILES string of the molecule is CC=O.CCCCCCCCCCN(C)C(C)C(=O)O. The lowest BCUT2D eigenvalue weighted by molar-refractivity contribution is -0.142. The van der Waals surface area contributed by atoms with E-state index in [2.05, 4.69) is 6.92 Å². The van der Waals surface area contributed by atoms with Crippen LogP contribution in [0.25, 0.3) is 0 Å². The molecule has 0 fully saturated rings. The number of likely N-dealkylation sites (N-methyl/N-ethyl adjacent to an activating group) is 1. The zero-order chi connectivity index (χ0) is 15.8. The van der Waals surface area contributed by atoms with E-state index in [0.29, 0.717) is 0 Å². The first-order chi connectivity index (χ1) is 9.51. The van der Waals surface area contributed by atoms with Crippen molar-refractivity contribution in [2.45, 2.75) is 78.2 Å². The van der Waals surface area contributed by atoms with E-state index in [1.54, 1.807) is 6.92 Å². The van der Waals surface area contributed by atoms with Crippen molar-refractivity contribution in [3.8, 4) is 0 Å². The van der Waals surface area contributed by atoms with E-state index in [-0.39, 0.29) is 6.04 Å². The minimum atomic E-state index is -0.730. The molecule has 0 bridgehead atoms. The molecule has 0 rings (SSSR count). The second-order valence-corrected chi connectivity index (χ2v) is 5.21. The van der Waals surface area contributed by atoms with Crippen LogP contribution in [0.1, 0.15) is 72.1 Å². The van der Waals surface area contributed by atoms with Crippen LogP contribution in [0.15, 0.2) is 0 Å². The van der Waals surface area contributed by atoms with Crippen LogP contribution in [0.5, 0.6) is 0 Å². The summed E-state index contributed by atoms with van der Waals surface area (Å²) in [5.74, 6) is -0.730. The lowest BCUT2D eigenvalue weighted by atomic mass is 10.1. The molecule has 0 spiro atoms. The van der Waals surface area contributed by atoms with Gasteiger partial charge in [-0.2, -0.15) is 0 Å². The molecule has 4 heteroatoms. The number of nitrogens with zero attached hydrogens (tertiary/aromatic N) is 1. The lowest BCUT2D eigenvalue weighted by Crippen LogP contribution is -2.36. The molecule has 0 amide bonds. The Balaban J connectivity index is 0. The molecule has 0 aromatic heterocycles. The van der Waals surface area contributed by atoms with Crippen molar-refractivity contribution in [3.05, 3.63) is 0 Å². The third-order valence-corrected chi connectivity index (χ3v) is 3.38. The third-order valence-electron chi connectivity index (χ3n) is 3.38. The molecule has 0 aliphatic heterocycles. The summed E-state index contributed by atoms with van der Waals surface area (Å²) in [6, 6.07) is -0.362. The molecular formula is C16H33NO3. The van der Waals surface area contributed by atoms with Crippen LogP contribution < -0.4 is 0 Å². The Morgan fingerprint density at radius 1 is 1.10 bits per heavy atom. The van der Waals surface area contributed by atoms with Gasteiger partial charge in [0.2, 0.25) is 0 Å². The summed E-state index contributed by atoms with van der Waals surface area (Å²) in [5, 5.41) is 8.83. The van der Waals surface area contributed by atoms with Gasteiger partial charge in [-0.25, -0.2) is 0 Å². The number of carboxylic acid groups (broad SMARTS) is 1. The van der Waals surface area contributed by atoms with Crippen LogP contribution in [0.4, 0.5) is 0 Å². The minimum absolute atomic E-state index is 0.362. The average Bonchev–Trinajstić information content (AvgIpc) is 2.41. The molecule has 0 saturated carbocycles. The fourth-order valence-corrected chi connectivity index (χ4v) is 1.88. The summed E-state index contributed by atoms with van der Waals surface area (Å²) in [5.41, 5.74) is 0. The monoisotopic (exact) mass is 287 g/mol. The zero-order valence-corrected chi connectivity index (χ0v) is 13.7. The van der Waals surface area contributed by atoms with E-state index < -0.39 is 5.97 Å². The summed E-state index contributed by atoms with van der Waals surface area (Å²) < 4.78 is 0. The molecule has 20 heavy (non-hydrogen) atoms. The molecule has 0 saturated heterocycles. The predicted molar refractivity (Wildman–Crippen MR) is 84.1 cm³/mol. The highest BCUT2D eigenvalue weighted by Crippen LogP contribution is 2.09. The molecule has 1 atom stereocenters. The molecule has 0 heterocycles. The molecule has 0 radical (unpaired) electrons. The Bertz CT molecular complexity index is 232. The van der Waals surface area contributed by atoms with Crippen molar-refractivity contribution in [2.24, 2.45) is 0 Å². The fourth-order valence-electron chi connectivity index (χ4n) is 1.88. The molecule has 1 N–H and O–H groups in total. The number of carbonyl (C=O) groups excluding carboxylic acids is 1. The van der Waals surface area contributed by atoms with Gasteiger partial charge in [0, 0.05) is 0 Å². The van der Waals surface area contributed by atoms with Gasteiger partial charge in [-0.15, -0.1) is 0 Å². The van der Waals surface area contributed by atoms with Crippen molar-refractivity contribution in [1.29, 1.82) is 0 Å². The lowest BCUT2D eigenvalue weighted by Gasteiger charge is -2.20. The molecule has 0 aliphatic carbocycles. The number of aliphatic carboxylic acids is 1. The fraction of sp³-hybridized carbons (Fsp3) is 0.875. The van der Waals surface area contributed by atoms with Gasteiger partial charge < -0.3 is 9.90 Å². The summed E-state index contributed by atoms with van der Waals surface area (Å²) in [4.78, 5) is 21.5. The third kappa shape index (κ3) is 15.2. The maximum atomic E-state index is 10.7. The van der Waals surface area contributed by atoms with Gasteiger partial charge in [-0.3, -0.25) is 9.69 Å². The Morgan fingerprint density at radius 2 is 1.50 bits per heavy atom. The van der Waals surface area contributed by atoms with Crippen LogP contribution in [-0.2, 0) is 9.59 Å². The van der Waals surface area contributed by atoms with E-state index in [1.165, 1.54) is 51.9 Å². The highest BCUT2D eigenvalue weighted by atomic mass is 16.4. The number of aldehydes is 1. The van der Waals surface area contributed by atoms with E-state index in [1.807, 2.05) is 11.9 Å². The molecule has 4 nitrogen and oxygen atoms in total. The van der Waals surface area contributed by atoms with Gasteiger partial charge in [-0.05, 0) is 33.9 Å². The van der Waals surface area contributed by atoms with Gasteiger partial charge >= 0.3 is 5.97 Å². The first-order valence-electron chi connectivity index (χ1n) is 7.84. The van der Waals surface area contributed by atoms with Crippen molar-refractivity contribution >= 4 is 12.3 Å². The van der Waals surface area contributed by atoms with Crippen LogP contribution in [0.2, 0.25) is 0 Å². The van der Waals surface area contributed by atoms with E-state index >= 15 is 0 Å².